The predicted octanol–water partition coefficient (Wildman–Crippen LogP) is 3.15. The van der Waals surface area contributed by atoms with Gasteiger partial charge in [-0.3, -0.25) is 4.57 Å². The molecule has 0 bridgehead atoms. The molecule has 1 unspecified atom stereocenters. The molecule has 2 atom stereocenters. The van der Waals surface area contributed by atoms with Crippen LogP contribution in [0.5, 0.6) is 11.5 Å². The maximum atomic E-state index is 12.7. The molecule has 178 valence electrons. The molecule has 5 rings (SSSR count). The second-order valence-corrected chi connectivity index (χ2v) is 9.70. The molecule has 2 saturated heterocycles. The molecule has 0 saturated carbocycles. The van der Waals surface area contributed by atoms with E-state index in [0.29, 0.717) is 17.6 Å². The van der Waals surface area contributed by atoms with E-state index in [1.165, 1.54) is 24.9 Å². The molecule has 0 aliphatic carbocycles. The average molecular weight is 453 g/mol. The second kappa shape index (κ2) is 10.2. The number of fused-ring (bicyclic) bond motifs is 2. The number of unbranched alkanes of at least 4 members (excludes halogenated alkanes) is 1. The summed E-state index contributed by atoms with van der Waals surface area (Å²) in [5.41, 5.74) is 8.02. The maximum absolute atomic E-state index is 12.7. The van der Waals surface area contributed by atoms with Crippen molar-refractivity contribution in [2.75, 3.05) is 38.0 Å². The van der Waals surface area contributed by atoms with Gasteiger partial charge in [0.05, 0.1) is 11.9 Å². The molecule has 1 aromatic heterocycles. The van der Waals surface area contributed by atoms with E-state index in [1.807, 2.05) is 12.3 Å². The van der Waals surface area contributed by atoms with E-state index in [9.17, 15) is 4.79 Å². The van der Waals surface area contributed by atoms with Gasteiger partial charge in [-0.15, -0.1) is 0 Å². The van der Waals surface area contributed by atoms with Crippen LogP contribution in [0.15, 0.2) is 29.2 Å². The summed E-state index contributed by atoms with van der Waals surface area (Å²) < 4.78 is 7.90. The number of rotatable bonds is 6. The van der Waals surface area contributed by atoms with E-state index in [0.717, 1.165) is 76.1 Å². The molecular formula is C25H36N6O2. The molecule has 1 aromatic carbocycles. The van der Waals surface area contributed by atoms with Crippen molar-refractivity contribution in [1.82, 2.24) is 19.8 Å². The summed E-state index contributed by atoms with van der Waals surface area (Å²) in [6.45, 7) is 5.26. The van der Waals surface area contributed by atoms with Crippen molar-refractivity contribution in [3.8, 4) is 11.5 Å². The number of ether oxygens (including phenoxy) is 1. The summed E-state index contributed by atoms with van der Waals surface area (Å²) in [7, 11) is 0. The Balaban J connectivity index is 1.20. The highest BCUT2D eigenvalue weighted by atomic mass is 16.5. The number of benzene rings is 1. The van der Waals surface area contributed by atoms with Crippen molar-refractivity contribution < 1.29 is 4.74 Å². The molecule has 3 aliphatic rings. The SMILES string of the molecule is N[C@H]1CCCN(CCCCc2ccc3c(c2)Nc2nc(=O)n(C4CCCNCC4)cc2O3)C1. The van der Waals surface area contributed by atoms with E-state index in [-0.39, 0.29) is 11.7 Å². The third-order valence-corrected chi connectivity index (χ3v) is 7.11. The fourth-order valence-corrected chi connectivity index (χ4v) is 5.28. The van der Waals surface area contributed by atoms with Gasteiger partial charge >= 0.3 is 5.69 Å². The molecule has 4 heterocycles. The number of piperidine rings is 1. The van der Waals surface area contributed by atoms with E-state index < -0.39 is 0 Å². The fraction of sp³-hybridized carbons (Fsp3) is 0.600. The molecule has 0 spiro atoms. The van der Waals surface area contributed by atoms with Gasteiger partial charge in [0.1, 0.15) is 0 Å². The van der Waals surface area contributed by atoms with E-state index in [2.05, 4.69) is 32.7 Å². The summed E-state index contributed by atoms with van der Waals surface area (Å²) in [5.74, 6) is 1.91. The van der Waals surface area contributed by atoms with E-state index in [1.54, 1.807) is 4.57 Å². The van der Waals surface area contributed by atoms with Crippen LogP contribution in [0.1, 0.15) is 56.6 Å². The molecule has 2 fully saturated rings. The van der Waals surface area contributed by atoms with Gasteiger partial charge in [0, 0.05) is 18.6 Å². The highest BCUT2D eigenvalue weighted by Gasteiger charge is 2.23. The van der Waals surface area contributed by atoms with Crippen LogP contribution in [0.4, 0.5) is 11.5 Å². The molecule has 0 radical (unpaired) electrons. The lowest BCUT2D eigenvalue weighted by Gasteiger charge is -2.30. The maximum Gasteiger partial charge on any atom is 0.350 e. The first-order valence-electron chi connectivity index (χ1n) is 12.6. The zero-order valence-electron chi connectivity index (χ0n) is 19.4. The highest BCUT2D eigenvalue weighted by molar-refractivity contribution is 5.72. The van der Waals surface area contributed by atoms with Gasteiger partial charge < -0.3 is 26.0 Å². The Kier molecular flexibility index (Phi) is 6.94. The van der Waals surface area contributed by atoms with Crippen LogP contribution in [0, 0.1) is 0 Å². The van der Waals surface area contributed by atoms with Crippen molar-refractivity contribution in [2.24, 2.45) is 5.73 Å². The van der Waals surface area contributed by atoms with Crippen LogP contribution >= 0.6 is 0 Å². The van der Waals surface area contributed by atoms with Crippen molar-refractivity contribution in [2.45, 2.75) is 63.5 Å². The van der Waals surface area contributed by atoms with Crippen LogP contribution in [-0.4, -0.2) is 53.2 Å². The zero-order valence-corrected chi connectivity index (χ0v) is 19.4. The van der Waals surface area contributed by atoms with Gasteiger partial charge in [-0.05, 0) is 95.2 Å². The molecular weight excluding hydrogens is 416 g/mol. The van der Waals surface area contributed by atoms with Gasteiger partial charge in [-0.25, -0.2) is 4.79 Å². The molecule has 0 amide bonds. The summed E-state index contributed by atoms with van der Waals surface area (Å²) in [6, 6.07) is 6.80. The highest BCUT2D eigenvalue weighted by Crippen LogP contribution is 2.41. The predicted molar refractivity (Wildman–Crippen MR) is 131 cm³/mol. The number of nitrogens with zero attached hydrogens (tertiary/aromatic N) is 3. The minimum Gasteiger partial charge on any atom is -0.450 e. The number of hydrogen-bond acceptors (Lipinski definition) is 7. The number of nitrogens with two attached hydrogens (primary N) is 1. The molecule has 8 heteroatoms. The quantitative estimate of drug-likeness (QED) is 0.494. The van der Waals surface area contributed by atoms with Gasteiger partial charge in [0.25, 0.3) is 0 Å². The number of nitrogens with one attached hydrogen (secondary N) is 2. The Morgan fingerprint density at radius 2 is 2.06 bits per heavy atom. The summed E-state index contributed by atoms with van der Waals surface area (Å²) in [6.07, 6.45) is 10.5. The third kappa shape index (κ3) is 5.39. The summed E-state index contributed by atoms with van der Waals surface area (Å²) >= 11 is 0. The fourth-order valence-electron chi connectivity index (χ4n) is 5.28. The molecule has 8 nitrogen and oxygen atoms in total. The molecule has 33 heavy (non-hydrogen) atoms. The lowest BCUT2D eigenvalue weighted by molar-refractivity contribution is 0.206. The van der Waals surface area contributed by atoms with Crippen molar-refractivity contribution >= 4 is 11.5 Å². The minimum atomic E-state index is -0.214. The second-order valence-electron chi connectivity index (χ2n) is 9.70. The largest absolute Gasteiger partial charge is 0.450 e. The van der Waals surface area contributed by atoms with Crippen LogP contribution in [-0.2, 0) is 6.42 Å². The Morgan fingerprint density at radius 1 is 1.12 bits per heavy atom. The van der Waals surface area contributed by atoms with Crippen LogP contribution < -0.4 is 26.8 Å². The summed E-state index contributed by atoms with van der Waals surface area (Å²) in [5, 5.41) is 6.72. The van der Waals surface area contributed by atoms with Crippen LogP contribution in [0.25, 0.3) is 0 Å². The Labute approximate surface area is 195 Å². The van der Waals surface area contributed by atoms with Crippen molar-refractivity contribution in [1.29, 1.82) is 0 Å². The van der Waals surface area contributed by atoms with E-state index >= 15 is 0 Å². The third-order valence-electron chi connectivity index (χ3n) is 7.11. The monoisotopic (exact) mass is 452 g/mol. The lowest BCUT2D eigenvalue weighted by atomic mass is 10.0. The number of aryl methyl sites for hydroxylation is 1. The van der Waals surface area contributed by atoms with Gasteiger partial charge in [-0.2, -0.15) is 4.98 Å². The van der Waals surface area contributed by atoms with Gasteiger partial charge in [-0.1, -0.05) is 6.07 Å². The van der Waals surface area contributed by atoms with Crippen molar-refractivity contribution in [3.05, 3.63) is 40.4 Å². The number of likely N-dealkylation sites (tertiary alicyclic amines) is 1. The van der Waals surface area contributed by atoms with Crippen molar-refractivity contribution in [3.63, 3.8) is 0 Å². The van der Waals surface area contributed by atoms with E-state index in [4.69, 9.17) is 10.5 Å². The van der Waals surface area contributed by atoms with Crippen LogP contribution in [0.2, 0.25) is 0 Å². The number of anilines is 2. The van der Waals surface area contributed by atoms with Gasteiger partial charge in [0.15, 0.2) is 17.3 Å². The standard InChI is InChI=1S/C25H36N6O2/c26-19-6-4-14-30(16-19)13-2-1-5-18-8-9-22-21(15-18)28-24-23(33-22)17-31(25(32)29-24)20-7-3-11-27-12-10-20/h8-9,15,17,19-20,27H,1-7,10-14,16,26H2,(H,28,29,32)/t19-,20?/m0/s1. The van der Waals surface area contributed by atoms with Crippen LogP contribution in [0.3, 0.4) is 0 Å². The summed E-state index contributed by atoms with van der Waals surface area (Å²) in [4.78, 5) is 19.5. The Morgan fingerprint density at radius 3 is 2.97 bits per heavy atom. The Hall–Kier alpha value is -2.42. The Bertz CT molecular complexity index is 1010. The van der Waals surface area contributed by atoms with Gasteiger partial charge in [0.2, 0.25) is 0 Å². The topological polar surface area (TPSA) is 97.4 Å². The average Bonchev–Trinajstić information content (AvgIpc) is 3.10. The lowest BCUT2D eigenvalue weighted by Crippen LogP contribution is -2.43. The normalized spacial score (nSPS) is 23.1. The first-order valence-corrected chi connectivity index (χ1v) is 12.6. The number of aromatic nitrogens is 2. The zero-order chi connectivity index (χ0) is 22.6. The smallest absolute Gasteiger partial charge is 0.350 e. The number of hydrogen-bond donors (Lipinski definition) is 3. The molecule has 2 aromatic rings. The first kappa shape index (κ1) is 22.4. The molecule has 4 N–H and O–H groups in total. The first-order chi connectivity index (χ1) is 16.2. The molecule has 3 aliphatic heterocycles. The minimum absolute atomic E-state index is 0.165.